The number of carbonyl (C=O) groups is 2. The fourth-order valence-corrected chi connectivity index (χ4v) is 2.40. The number of thioether (sulfide) groups is 1. The van der Waals surface area contributed by atoms with Crippen LogP contribution in [0.4, 0.5) is 10.5 Å². The van der Waals surface area contributed by atoms with Gasteiger partial charge in [-0.15, -0.1) is 0 Å². The maximum absolute atomic E-state index is 12.1. The van der Waals surface area contributed by atoms with Gasteiger partial charge in [0.15, 0.2) is 0 Å². The van der Waals surface area contributed by atoms with Crippen LogP contribution in [0.3, 0.4) is 0 Å². The number of nitrogens with one attached hydrogen (secondary N) is 1. The molecule has 0 heterocycles. The lowest BCUT2D eigenvalue weighted by atomic mass is 10.1. The number of hydrogen-bond acceptors (Lipinski definition) is 3. The van der Waals surface area contributed by atoms with Gasteiger partial charge in [-0.1, -0.05) is 0 Å². The van der Waals surface area contributed by atoms with Crippen LogP contribution in [0.15, 0.2) is 18.2 Å². The molecular formula is C14H20N2O3S. The number of carboxylic acid groups (broad SMARTS) is 1. The van der Waals surface area contributed by atoms with Crippen LogP contribution >= 0.6 is 11.8 Å². The van der Waals surface area contributed by atoms with E-state index in [1.807, 2.05) is 13.2 Å². The SMILES string of the molecule is CSCC(C)N(C)C(=O)Nc1ccc(C(=O)O)cc1C. The molecular weight excluding hydrogens is 276 g/mol. The minimum absolute atomic E-state index is 0.128. The molecule has 1 rings (SSSR count). The Hall–Kier alpha value is -1.69. The summed E-state index contributed by atoms with van der Waals surface area (Å²) in [5.74, 6) is -0.113. The molecule has 0 saturated carbocycles. The third-order valence-corrected chi connectivity index (χ3v) is 3.92. The van der Waals surface area contributed by atoms with Crippen molar-refractivity contribution in [3.05, 3.63) is 29.3 Å². The van der Waals surface area contributed by atoms with Crippen molar-refractivity contribution in [2.24, 2.45) is 0 Å². The fraction of sp³-hybridized carbons (Fsp3) is 0.429. The molecule has 1 aromatic rings. The van der Waals surface area contributed by atoms with E-state index in [1.165, 1.54) is 6.07 Å². The van der Waals surface area contributed by atoms with Gasteiger partial charge in [0.2, 0.25) is 0 Å². The van der Waals surface area contributed by atoms with E-state index in [4.69, 9.17) is 5.11 Å². The minimum Gasteiger partial charge on any atom is -0.478 e. The zero-order chi connectivity index (χ0) is 15.3. The molecule has 1 aromatic carbocycles. The van der Waals surface area contributed by atoms with Crippen LogP contribution in [-0.4, -0.2) is 47.1 Å². The van der Waals surface area contributed by atoms with Crippen LogP contribution in [0, 0.1) is 6.92 Å². The van der Waals surface area contributed by atoms with Crippen LogP contribution in [0.5, 0.6) is 0 Å². The number of amides is 2. The highest BCUT2D eigenvalue weighted by Crippen LogP contribution is 2.17. The topological polar surface area (TPSA) is 69.6 Å². The first-order valence-electron chi connectivity index (χ1n) is 6.23. The number of hydrogen-bond donors (Lipinski definition) is 2. The highest BCUT2D eigenvalue weighted by molar-refractivity contribution is 7.98. The average Bonchev–Trinajstić information content (AvgIpc) is 2.40. The van der Waals surface area contributed by atoms with Crippen molar-refractivity contribution in [3.63, 3.8) is 0 Å². The predicted octanol–water partition coefficient (Wildman–Crippen LogP) is 2.91. The van der Waals surface area contributed by atoms with E-state index < -0.39 is 5.97 Å². The molecule has 0 aromatic heterocycles. The molecule has 0 spiro atoms. The average molecular weight is 296 g/mol. The number of anilines is 1. The third kappa shape index (κ3) is 4.16. The van der Waals surface area contributed by atoms with Crippen LogP contribution < -0.4 is 5.32 Å². The number of aryl methyl sites for hydroxylation is 1. The summed E-state index contributed by atoms with van der Waals surface area (Å²) in [6.07, 6.45) is 2.00. The first-order chi connectivity index (χ1) is 9.36. The Morgan fingerprint density at radius 2 is 2.10 bits per heavy atom. The molecule has 110 valence electrons. The standard InChI is InChI=1S/C14H20N2O3S/c1-9-7-11(13(17)18)5-6-12(9)15-14(19)16(3)10(2)8-20-4/h5-7,10H,8H2,1-4H3,(H,15,19)(H,17,18). The maximum atomic E-state index is 12.1. The molecule has 2 amide bonds. The van der Waals surface area contributed by atoms with E-state index in [-0.39, 0.29) is 17.6 Å². The number of benzene rings is 1. The van der Waals surface area contributed by atoms with Gasteiger partial charge in [0.25, 0.3) is 0 Å². The summed E-state index contributed by atoms with van der Waals surface area (Å²) in [5.41, 5.74) is 1.57. The normalized spacial score (nSPS) is 11.8. The first-order valence-corrected chi connectivity index (χ1v) is 7.63. The van der Waals surface area contributed by atoms with E-state index in [1.54, 1.807) is 42.8 Å². The lowest BCUT2D eigenvalue weighted by molar-refractivity contribution is 0.0697. The van der Waals surface area contributed by atoms with Gasteiger partial charge in [0.05, 0.1) is 5.56 Å². The molecule has 5 nitrogen and oxygen atoms in total. The molecule has 1 atom stereocenters. The highest BCUT2D eigenvalue weighted by Gasteiger charge is 2.16. The van der Waals surface area contributed by atoms with Gasteiger partial charge in [-0.05, 0) is 43.9 Å². The molecule has 0 aliphatic carbocycles. The van der Waals surface area contributed by atoms with Crippen molar-refractivity contribution in [2.45, 2.75) is 19.9 Å². The van der Waals surface area contributed by atoms with Gasteiger partial charge in [-0.2, -0.15) is 11.8 Å². The molecule has 0 aliphatic heterocycles. The van der Waals surface area contributed by atoms with Crippen molar-refractivity contribution in [1.29, 1.82) is 0 Å². The molecule has 0 bridgehead atoms. The summed E-state index contributed by atoms with van der Waals surface area (Å²) < 4.78 is 0. The Kier molecular flexibility index (Phi) is 5.88. The quantitative estimate of drug-likeness (QED) is 0.876. The summed E-state index contributed by atoms with van der Waals surface area (Å²) in [5, 5.41) is 11.7. The Bertz CT molecular complexity index is 505. The monoisotopic (exact) mass is 296 g/mol. The maximum Gasteiger partial charge on any atom is 0.335 e. The summed E-state index contributed by atoms with van der Waals surface area (Å²) in [7, 11) is 1.75. The zero-order valence-electron chi connectivity index (χ0n) is 12.1. The molecule has 20 heavy (non-hydrogen) atoms. The molecule has 2 N–H and O–H groups in total. The second-order valence-electron chi connectivity index (χ2n) is 4.68. The lowest BCUT2D eigenvalue weighted by Crippen LogP contribution is -2.39. The van der Waals surface area contributed by atoms with Gasteiger partial charge in [0.1, 0.15) is 0 Å². The van der Waals surface area contributed by atoms with Crippen LogP contribution in [0.1, 0.15) is 22.8 Å². The van der Waals surface area contributed by atoms with Gasteiger partial charge < -0.3 is 15.3 Å². The largest absolute Gasteiger partial charge is 0.478 e. The molecule has 0 radical (unpaired) electrons. The second-order valence-corrected chi connectivity index (χ2v) is 5.59. The zero-order valence-corrected chi connectivity index (χ0v) is 13.0. The van der Waals surface area contributed by atoms with Crippen LogP contribution in [0.2, 0.25) is 0 Å². The Labute approximate surface area is 123 Å². The van der Waals surface area contributed by atoms with Crippen molar-refractivity contribution in [1.82, 2.24) is 4.90 Å². The molecule has 0 saturated heterocycles. The van der Waals surface area contributed by atoms with Gasteiger partial charge in [-0.3, -0.25) is 0 Å². The van der Waals surface area contributed by atoms with Crippen molar-refractivity contribution < 1.29 is 14.7 Å². The summed E-state index contributed by atoms with van der Waals surface area (Å²) in [6.45, 7) is 3.75. The van der Waals surface area contributed by atoms with Crippen LogP contribution in [0.25, 0.3) is 0 Å². The molecule has 6 heteroatoms. The van der Waals surface area contributed by atoms with Crippen LogP contribution in [-0.2, 0) is 0 Å². The third-order valence-electron chi connectivity index (χ3n) is 3.10. The predicted molar refractivity (Wildman–Crippen MR) is 82.8 cm³/mol. The number of nitrogens with zero attached hydrogens (tertiary/aromatic N) is 1. The number of urea groups is 1. The minimum atomic E-state index is -0.975. The van der Waals surface area contributed by atoms with E-state index in [9.17, 15) is 9.59 Å². The van der Waals surface area contributed by atoms with Crippen molar-refractivity contribution in [3.8, 4) is 0 Å². The van der Waals surface area contributed by atoms with Gasteiger partial charge in [-0.25, -0.2) is 9.59 Å². The summed E-state index contributed by atoms with van der Waals surface area (Å²) in [6, 6.07) is 4.57. The number of aromatic carboxylic acids is 1. The molecule has 0 fully saturated rings. The Balaban J connectivity index is 2.78. The van der Waals surface area contributed by atoms with E-state index in [0.29, 0.717) is 5.69 Å². The summed E-state index contributed by atoms with van der Waals surface area (Å²) >= 11 is 1.68. The second kappa shape index (κ2) is 7.19. The molecule has 1 unspecified atom stereocenters. The summed E-state index contributed by atoms with van der Waals surface area (Å²) in [4.78, 5) is 24.6. The Morgan fingerprint density at radius 1 is 1.45 bits per heavy atom. The van der Waals surface area contributed by atoms with E-state index >= 15 is 0 Å². The highest BCUT2D eigenvalue weighted by atomic mass is 32.2. The molecule has 0 aliphatic rings. The Morgan fingerprint density at radius 3 is 2.60 bits per heavy atom. The smallest absolute Gasteiger partial charge is 0.335 e. The number of carboxylic acids is 1. The van der Waals surface area contributed by atoms with E-state index in [2.05, 4.69) is 5.32 Å². The van der Waals surface area contributed by atoms with Crippen molar-refractivity contribution >= 4 is 29.4 Å². The first kappa shape index (κ1) is 16.4. The number of rotatable bonds is 5. The fourth-order valence-electron chi connectivity index (χ4n) is 1.69. The van der Waals surface area contributed by atoms with Gasteiger partial charge >= 0.3 is 12.0 Å². The van der Waals surface area contributed by atoms with E-state index in [0.717, 1.165) is 11.3 Å². The van der Waals surface area contributed by atoms with Gasteiger partial charge in [0, 0.05) is 24.5 Å². The van der Waals surface area contributed by atoms with Crippen molar-refractivity contribution in [2.75, 3.05) is 24.4 Å². The number of carbonyl (C=O) groups excluding carboxylic acids is 1. The lowest BCUT2D eigenvalue weighted by Gasteiger charge is -2.25.